The molecule has 0 saturated heterocycles. The zero-order valence-electron chi connectivity index (χ0n) is 17.9. The molecule has 0 bridgehead atoms. The highest BCUT2D eigenvalue weighted by molar-refractivity contribution is 5.94. The number of hydrogen-bond donors (Lipinski definition) is 1. The van der Waals surface area contributed by atoms with E-state index in [1.165, 1.54) is 4.90 Å². The van der Waals surface area contributed by atoms with Crippen LogP contribution in [-0.4, -0.2) is 56.5 Å². The number of rotatable bonds is 9. The van der Waals surface area contributed by atoms with Crippen LogP contribution in [0.1, 0.15) is 29.3 Å². The van der Waals surface area contributed by atoms with Crippen molar-refractivity contribution in [2.75, 3.05) is 32.6 Å². The van der Waals surface area contributed by atoms with Gasteiger partial charge in [-0.1, -0.05) is 30.3 Å². The minimum atomic E-state index is -0.534. The van der Waals surface area contributed by atoms with E-state index >= 15 is 0 Å². The molecule has 0 aromatic heterocycles. The second-order valence-electron chi connectivity index (χ2n) is 7.42. The molecular formula is C23H29N3O4. The molecule has 0 aliphatic carbocycles. The lowest BCUT2D eigenvalue weighted by molar-refractivity contribution is -0.152. The van der Waals surface area contributed by atoms with Gasteiger partial charge >= 0.3 is 5.97 Å². The predicted octanol–water partition coefficient (Wildman–Crippen LogP) is 2.46. The van der Waals surface area contributed by atoms with Crippen molar-refractivity contribution in [3.63, 3.8) is 0 Å². The number of benzene rings is 2. The van der Waals surface area contributed by atoms with Crippen LogP contribution < -0.4 is 10.2 Å². The van der Waals surface area contributed by atoms with Crippen molar-refractivity contribution in [1.29, 1.82) is 0 Å². The van der Waals surface area contributed by atoms with Gasteiger partial charge in [0.25, 0.3) is 11.8 Å². The number of anilines is 1. The van der Waals surface area contributed by atoms with E-state index < -0.39 is 12.0 Å². The summed E-state index contributed by atoms with van der Waals surface area (Å²) in [5, 5.41) is 2.74. The van der Waals surface area contributed by atoms with Gasteiger partial charge in [-0.3, -0.25) is 14.4 Å². The number of ether oxygens (including phenoxy) is 1. The van der Waals surface area contributed by atoms with Crippen LogP contribution in [0.5, 0.6) is 0 Å². The Labute approximate surface area is 177 Å². The maximum Gasteiger partial charge on any atom is 0.308 e. The summed E-state index contributed by atoms with van der Waals surface area (Å²) in [6.07, 6.45) is -0.0123. The van der Waals surface area contributed by atoms with Crippen LogP contribution in [0.3, 0.4) is 0 Å². The number of esters is 1. The Bertz CT molecular complexity index is 851. The number of nitrogens with zero attached hydrogens (tertiary/aromatic N) is 2. The van der Waals surface area contributed by atoms with E-state index in [4.69, 9.17) is 4.74 Å². The third-order valence-corrected chi connectivity index (χ3v) is 4.54. The molecule has 0 aliphatic heterocycles. The van der Waals surface area contributed by atoms with Crippen LogP contribution in [0.4, 0.5) is 5.69 Å². The summed E-state index contributed by atoms with van der Waals surface area (Å²) in [5.74, 6) is -1.08. The average Bonchev–Trinajstić information content (AvgIpc) is 2.72. The van der Waals surface area contributed by atoms with E-state index in [0.717, 1.165) is 11.3 Å². The minimum Gasteiger partial charge on any atom is -0.456 e. The molecule has 0 spiro atoms. The standard InChI is InChI=1S/C23H29N3O4/c1-17(24-23(29)19-8-6-5-7-9-19)14-22(28)30-16-21(27)26(4)15-18-10-12-20(13-11-18)25(2)3/h5-13,17H,14-16H2,1-4H3,(H,24,29). The molecule has 1 atom stereocenters. The van der Waals surface area contributed by atoms with Crippen molar-refractivity contribution in [2.45, 2.75) is 25.9 Å². The van der Waals surface area contributed by atoms with Crippen molar-refractivity contribution >= 4 is 23.5 Å². The number of likely N-dealkylation sites (N-methyl/N-ethyl adjacent to an activating group) is 1. The van der Waals surface area contributed by atoms with Gasteiger partial charge in [0, 0.05) is 45.0 Å². The van der Waals surface area contributed by atoms with Gasteiger partial charge in [0.05, 0.1) is 6.42 Å². The van der Waals surface area contributed by atoms with Crippen LogP contribution in [0, 0.1) is 0 Å². The Hall–Kier alpha value is -3.35. The summed E-state index contributed by atoms with van der Waals surface area (Å²) in [5.41, 5.74) is 2.59. The van der Waals surface area contributed by atoms with Gasteiger partial charge in [-0.05, 0) is 36.8 Å². The molecule has 160 valence electrons. The van der Waals surface area contributed by atoms with Crippen molar-refractivity contribution in [1.82, 2.24) is 10.2 Å². The van der Waals surface area contributed by atoms with Gasteiger partial charge in [-0.25, -0.2) is 0 Å². The molecule has 0 saturated carbocycles. The third-order valence-electron chi connectivity index (χ3n) is 4.54. The van der Waals surface area contributed by atoms with E-state index in [2.05, 4.69) is 5.32 Å². The molecule has 1 N–H and O–H groups in total. The van der Waals surface area contributed by atoms with Gasteiger partial charge in [0.1, 0.15) is 0 Å². The second kappa shape index (κ2) is 11.0. The van der Waals surface area contributed by atoms with Crippen LogP contribution in [0.2, 0.25) is 0 Å². The number of nitrogens with one attached hydrogen (secondary N) is 1. The van der Waals surface area contributed by atoms with Gasteiger partial charge < -0.3 is 19.9 Å². The quantitative estimate of drug-likeness (QED) is 0.642. The second-order valence-corrected chi connectivity index (χ2v) is 7.42. The highest BCUT2D eigenvalue weighted by Crippen LogP contribution is 2.13. The molecule has 0 heterocycles. The molecule has 2 amide bonds. The van der Waals surface area contributed by atoms with E-state index in [9.17, 15) is 14.4 Å². The van der Waals surface area contributed by atoms with Crippen LogP contribution >= 0.6 is 0 Å². The summed E-state index contributed by atoms with van der Waals surface area (Å²) in [6, 6.07) is 16.2. The molecule has 0 aliphatic rings. The van der Waals surface area contributed by atoms with Gasteiger partial charge in [-0.2, -0.15) is 0 Å². The lowest BCUT2D eigenvalue weighted by atomic mass is 10.2. The van der Waals surface area contributed by atoms with E-state index in [1.54, 1.807) is 38.2 Å². The molecule has 0 fully saturated rings. The number of hydrogen-bond acceptors (Lipinski definition) is 5. The van der Waals surface area contributed by atoms with Gasteiger partial charge in [0.2, 0.25) is 0 Å². The maximum absolute atomic E-state index is 12.2. The smallest absolute Gasteiger partial charge is 0.308 e. The van der Waals surface area contributed by atoms with Crippen molar-refractivity contribution in [2.24, 2.45) is 0 Å². The lowest BCUT2D eigenvalue weighted by Crippen LogP contribution is -2.35. The lowest BCUT2D eigenvalue weighted by Gasteiger charge is -2.19. The Morgan fingerprint density at radius 1 is 0.967 bits per heavy atom. The Kier molecular flexibility index (Phi) is 8.41. The van der Waals surface area contributed by atoms with Gasteiger partial charge in [-0.15, -0.1) is 0 Å². The summed E-state index contributed by atoms with van der Waals surface area (Å²) >= 11 is 0. The molecule has 7 heteroatoms. The first kappa shape index (κ1) is 22.9. The number of carbonyl (C=O) groups excluding carboxylic acids is 3. The van der Waals surface area contributed by atoms with E-state index in [-0.39, 0.29) is 24.8 Å². The molecule has 2 rings (SSSR count). The molecule has 2 aromatic rings. The average molecular weight is 412 g/mol. The zero-order chi connectivity index (χ0) is 22.1. The summed E-state index contributed by atoms with van der Waals surface area (Å²) in [7, 11) is 5.60. The number of carbonyl (C=O) groups is 3. The highest BCUT2D eigenvalue weighted by Gasteiger charge is 2.16. The SMILES string of the molecule is CC(CC(=O)OCC(=O)N(C)Cc1ccc(N(C)C)cc1)NC(=O)c1ccccc1. The molecule has 0 radical (unpaired) electrons. The first-order valence-electron chi connectivity index (χ1n) is 9.78. The van der Waals surface area contributed by atoms with E-state index in [0.29, 0.717) is 12.1 Å². The molecule has 30 heavy (non-hydrogen) atoms. The predicted molar refractivity (Wildman–Crippen MR) is 116 cm³/mol. The Balaban J connectivity index is 1.73. The highest BCUT2D eigenvalue weighted by atomic mass is 16.5. The van der Waals surface area contributed by atoms with Gasteiger partial charge in [0.15, 0.2) is 6.61 Å². The minimum absolute atomic E-state index is 0.0123. The molecule has 1 unspecified atom stereocenters. The van der Waals surface area contributed by atoms with Crippen LogP contribution in [-0.2, 0) is 20.9 Å². The van der Waals surface area contributed by atoms with Crippen LogP contribution in [0.15, 0.2) is 54.6 Å². The first-order valence-corrected chi connectivity index (χ1v) is 9.78. The van der Waals surface area contributed by atoms with Crippen LogP contribution in [0.25, 0.3) is 0 Å². The fraction of sp³-hybridized carbons (Fsp3) is 0.348. The van der Waals surface area contributed by atoms with E-state index in [1.807, 2.05) is 49.3 Å². The fourth-order valence-electron chi connectivity index (χ4n) is 2.77. The fourth-order valence-corrected chi connectivity index (χ4v) is 2.77. The maximum atomic E-state index is 12.2. The van der Waals surface area contributed by atoms with Crippen molar-refractivity contribution < 1.29 is 19.1 Å². The van der Waals surface area contributed by atoms with Crippen molar-refractivity contribution in [3.8, 4) is 0 Å². The summed E-state index contributed by atoms with van der Waals surface area (Å²) < 4.78 is 5.08. The largest absolute Gasteiger partial charge is 0.456 e. The summed E-state index contributed by atoms with van der Waals surface area (Å²) in [4.78, 5) is 39.9. The normalized spacial score (nSPS) is 11.3. The molecular weight excluding hydrogens is 382 g/mol. The Morgan fingerprint density at radius 3 is 2.20 bits per heavy atom. The van der Waals surface area contributed by atoms with Crippen molar-refractivity contribution in [3.05, 3.63) is 65.7 Å². The summed E-state index contributed by atoms with van der Waals surface area (Å²) in [6.45, 7) is 1.81. The number of amides is 2. The monoisotopic (exact) mass is 411 g/mol. The first-order chi connectivity index (χ1) is 14.3. The zero-order valence-corrected chi connectivity index (χ0v) is 17.9. The molecule has 7 nitrogen and oxygen atoms in total. The topological polar surface area (TPSA) is 79.0 Å². The molecule has 2 aromatic carbocycles. The Morgan fingerprint density at radius 2 is 1.60 bits per heavy atom. The third kappa shape index (κ3) is 7.24.